The van der Waals surface area contributed by atoms with E-state index in [9.17, 15) is 0 Å². The molecule has 1 aliphatic rings. The molecule has 1 aromatic heterocycles. The van der Waals surface area contributed by atoms with Crippen molar-refractivity contribution >= 4 is 16.9 Å². The van der Waals surface area contributed by atoms with Crippen LogP contribution in [0.3, 0.4) is 0 Å². The number of aryl methyl sites for hydroxylation is 3. The van der Waals surface area contributed by atoms with E-state index in [2.05, 4.69) is 130 Å². The van der Waals surface area contributed by atoms with Crippen LogP contribution in [0.2, 0.25) is 0 Å². The van der Waals surface area contributed by atoms with Crippen molar-refractivity contribution in [1.82, 2.24) is 9.55 Å². The lowest BCUT2D eigenvalue weighted by atomic mass is 9.82. The minimum atomic E-state index is 0.426. The second-order valence-electron chi connectivity index (χ2n) is 11.0. The molecule has 0 saturated carbocycles. The van der Waals surface area contributed by atoms with E-state index in [1.807, 2.05) is 12.1 Å². The number of imidazole rings is 1. The minimum absolute atomic E-state index is 0.426. The predicted molar refractivity (Wildman–Crippen MR) is 184 cm³/mol. The normalized spacial score (nSPS) is 17.0. The maximum absolute atomic E-state index is 5.87. The summed E-state index contributed by atoms with van der Waals surface area (Å²) in [5.41, 5.74) is 14.4. The zero-order valence-electron chi connectivity index (χ0n) is 26.2. The summed E-state index contributed by atoms with van der Waals surface area (Å²) in [5.74, 6) is 2.66. The molecule has 0 bridgehead atoms. The van der Waals surface area contributed by atoms with Crippen molar-refractivity contribution in [1.29, 1.82) is 0 Å². The predicted octanol–water partition coefficient (Wildman–Crippen LogP) is 9.25. The van der Waals surface area contributed by atoms with Gasteiger partial charge in [-0.2, -0.15) is 0 Å². The minimum Gasteiger partial charge on any atom is -0.387 e. The Morgan fingerprint density at radius 1 is 1.12 bits per heavy atom. The fraction of sp³-hybridized carbons (Fsp3) is 0.316. The molecule has 0 saturated heterocycles. The van der Waals surface area contributed by atoms with Crippen molar-refractivity contribution < 1.29 is 0 Å². The van der Waals surface area contributed by atoms with Crippen LogP contribution in [-0.2, 0) is 13.5 Å². The fourth-order valence-electron chi connectivity index (χ4n) is 5.22. The summed E-state index contributed by atoms with van der Waals surface area (Å²) in [6, 6.07) is 14.9. The van der Waals surface area contributed by atoms with Gasteiger partial charge in [-0.1, -0.05) is 105 Å². The topological polar surface area (TPSA) is 56.2 Å². The number of hydrogen-bond donors (Lipinski definition) is 1. The van der Waals surface area contributed by atoms with E-state index in [4.69, 9.17) is 10.7 Å². The van der Waals surface area contributed by atoms with Crippen molar-refractivity contribution in [2.24, 2.45) is 29.6 Å². The van der Waals surface area contributed by atoms with Gasteiger partial charge in [0.25, 0.3) is 0 Å². The maximum Gasteiger partial charge on any atom is 0.140 e. The third-order valence-corrected chi connectivity index (χ3v) is 7.64. The highest BCUT2D eigenvalue weighted by atomic mass is 15.1. The van der Waals surface area contributed by atoms with Crippen LogP contribution >= 0.6 is 0 Å². The van der Waals surface area contributed by atoms with Crippen LogP contribution in [0.5, 0.6) is 0 Å². The number of benzene rings is 2. The van der Waals surface area contributed by atoms with Crippen LogP contribution in [-0.4, -0.2) is 21.9 Å². The van der Waals surface area contributed by atoms with E-state index >= 15 is 0 Å². The molecular weight excluding hydrogens is 512 g/mol. The third kappa shape index (κ3) is 8.91. The number of rotatable bonds is 11. The molecule has 3 aromatic rings. The van der Waals surface area contributed by atoms with Gasteiger partial charge in [0.05, 0.1) is 23.4 Å². The molecular formula is C38H48N4. The average molecular weight is 561 g/mol. The summed E-state index contributed by atoms with van der Waals surface area (Å²) in [7, 11) is 2.08. The lowest BCUT2D eigenvalue weighted by Gasteiger charge is -2.23. The highest BCUT2D eigenvalue weighted by Gasteiger charge is 2.17. The Labute approximate surface area is 253 Å². The molecule has 0 spiro atoms. The Morgan fingerprint density at radius 3 is 2.57 bits per heavy atom. The number of allylic oxidation sites excluding steroid dienone is 8. The van der Waals surface area contributed by atoms with E-state index in [1.165, 1.54) is 27.8 Å². The molecule has 0 fully saturated rings. The molecule has 4 rings (SSSR count). The number of nitrogens with zero attached hydrogens (tertiary/aromatic N) is 3. The van der Waals surface area contributed by atoms with Gasteiger partial charge in [0.15, 0.2) is 0 Å². The second-order valence-corrected chi connectivity index (χ2v) is 11.0. The van der Waals surface area contributed by atoms with Crippen LogP contribution < -0.4 is 5.73 Å². The van der Waals surface area contributed by atoms with Gasteiger partial charge >= 0.3 is 0 Å². The molecule has 0 aliphatic heterocycles. The van der Waals surface area contributed by atoms with Crippen molar-refractivity contribution in [2.45, 2.75) is 53.4 Å². The quantitative estimate of drug-likeness (QED) is 0.110. The lowest BCUT2D eigenvalue weighted by Crippen LogP contribution is -2.13. The maximum atomic E-state index is 5.87. The number of nitrogens with two attached hydrogens (primary N) is 1. The Hall–Kier alpha value is -4.18. The van der Waals surface area contributed by atoms with Crippen molar-refractivity contribution in [3.05, 3.63) is 127 Å². The molecule has 1 aliphatic carbocycles. The van der Waals surface area contributed by atoms with Gasteiger partial charge < -0.3 is 10.3 Å². The highest BCUT2D eigenvalue weighted by Crippen LogP contribution is 2.29. The average Bonchev–Trinajstić information content (AvgIpc) is 3.33. The second kappa shape index (κ2) is 16.3. The number of para-hydroxylation sites is 2. The van der Waals surface area contributed by atoms with Crippen LogP contribution in [0.4, 0.5) is 0 Å². The smallest absolute Gasteiger partial charge is 0.140 e. The molecule has 2 aromatic carbocycles. The molecule has 4 nitrogen and oxygen atoms in total. The molecule has 220 valence electrons. The van der Waals surface area contributed by atoms with Crippen LogP contribution in [0.15, 0.2) is 120 Å². The van der Waals surface area contributed by atoms with Gasteiger partial charge in [0, 0.05) is 24.9 Å². The van der Waals surface area contributed by atoms with Crippen molar-refractivity contribution in [2.75, 3.05) is 6.54 Å². The van der Waals surface area contributed by atoms with Gasteiger partial charge in [-0.15, -0.1) is 0 Å². The SMILES string of the molecule is C=C/C=C(\C=C/CC1C=CC=CC1C(=C)C)CN=C(N)CCC.CCc1cc(-c2nc3ccccc3n2C)ccc1C. The molecule has 1 heterocycles. The van der Waals surface area contributed by atoms with Crippen LogP contribution in [0.1, 0.15) is 51.2 Å². The molecule has 0 radical (unpaired) electrons. The number of hydrogen-bond acceptors (Lipinski definition) is 2. The van der Waals surface area contributed by atoms with E-state index < -0.39 is 0 Å². The van der Waals surface area contributed by atoms with E-state index in [0.717, 1.165) is 48.4 Å². The first-order chi connectivity index (χ1) is 20.3. The zero-order valence-corrected chi connectivity index (χ0v) is 26.2. The van der Waals surface area contributed by atoms with Gasteiger partial charge in [-0.25, -0.2) is 4.98 Å². The first-order valence-electron chi connectivity index (χ1n) is 15.1. The Balaban J connectivity index is 0.000000234. The monoisotopic (exact) mass is 560 g/mol. The first-order valence-corrected chi connectivity index (χ1v) is 15.1. The van der Waals surface area contributed by atoms with E-state index in [-0.39, 0.29) is 0 Å². The molecule has 0 amide bonds. The van der Waals surface area contributed by atoms with Crippen molar-refractivity contribution in [3.8, 4) is 11.4 Å². The third-order valence-electron chi connectivity index (χ3n) is 7.64. The number of fused-ring (bicyclic) bond motifs is 1. The highest BCUT2D eigenvalue weighted by molar-refractivity contribution is 5.81. The molecule has 2 atom stereocenters. The summed E-state index contributed by atoms with van der Waals surface area (Å²) in [4.78, 5) is 9.18. The van der Waals surface area contributed by atoms with E-state index in [0.29, 0.717) is 18.4 Å². The van der Waals surface area contributed by atoms with Crippen molar-refractivity contribution in [3.63, 3.8) is 0 Å². The summed E-state index contributed by atoms with van der Waals surface area (Å²) in [6.07, 6.45) is 20.8. The number of aromatic nitrogens is 2. The summed E-state index contributed by atoms with van der Waals surface area (Å²) >= 11 is 0. The largest absolute Gasteiger partial charge is 0.387 e. The summed E-state index contributed by atoms with van der Waals surface area (Å²) in [5, 5.41) is 0. The van der Waals surface area contributed by atoms with Gasteiger partial charge in [0.2, 0.25) is 0 Å². The van der Waals surface area contributed by atoms with Crippen LogP contribution in [0, 0.1) is 18.8 Å². The molecule has 42 heavy (non-hydrogen) atoms. The standard InChI is InChI=1S/C21H30N2.C17H18N2/c1-5-10-18(16-23-21(22)11-6-2)12-9-14-19-13-7-8-15-20(19)17(3)4;1-4-13-11-14(10-9-12(13)2)17-18-15-7-5-6-8-16(15)19(17)3/h5,7-10,12-13,15,19-20H,1,3,6,11,14,16H2,2,4H3,(H2,22,23);5-11H,4H2,1-3H3/b12-9-,18-10+;. The Bertz CT molecular complexity index is 1510. The molecule has 4 heteroatoms. The first kappa shape index (κ1) is 32.3. The van der Waals surface area contributed by atoms with Crippen LogP contribution in [0.25, 0.3) is 22.4 Å². The molecule has 2 unspecified atom stereocenters. The number of aliphatic imine (C=N–C) groups is 1. The fourth-order valence-corrected chi connectivity index (χ4v) is 5.22. The number of amidine groups is 1. The van der Waals surface area contributed by atoms with Gasteiger partial charge in [0.1, 0.15) is 5.82 Å². The lowest BCUT2D eigenvalue weighted by molar-refractivity contribution is 0.535. The summed E-state index contributed by atoms with van der Waals surface area (Å²) in [6.45, 7) is 17.0. The Kier molecular flexibility index (Phi) is 12.6. The van der Waals surface area contributed by atoms with Gasteiger partial charge in [-0.3, -0.25) is 4.99 Å². The zero-order chi connectivity index (χ0) is 30.5. The Morgan fingerprint density at radius 2 is 1.88 bits per heavy atom. The van der Waals surface area contributed by atoms with Gasteiger partial charge in [-0.05, 0) is 73.9 Å². The molecule has 2 N–H and O–H groups in total. The van der Waals surface area contributed by atoms with E-state index in [1.54, 1.807) is 6.08 Å². The summed E-state index contributed by atoms with van der Waals surface area (Å²) < 4.78 is 2.17.